The fraction of sp³-hybridized carbons (Fsp3) is 0.667. The zero-order valence-electron chi connectivity index (χ0n) is 16.9. The molecule has 0 aliphatic carbocycles. The van der Waals surface area contributed by atoms with Crippen LogP contribution in [0.3, 0.4) is 0 Å². The smallest absolute Gasteiger partial charge is 0.243 e. The van der Waals surface area contributed by atoms with Crippen molar-refractivity contribution < 1.29 is 24.0 Å². The molecule has 0 aliphatic heterocycles. The van der Waals surface area contributed by atoms with Crippen LogP contribution in [0.1, 0.15) is 32.1 Å². The van der Waals surface area contributed by atoms with Gasteiger partial charge in [-0.3, -0.25) is 15.0 Å². The molecule has 12 heteroatoms. The Hall–Kier alpha value is -2.31. The van der Waals surface area contributed by atoms with E-state index in [0.29, 0.717) is 51.2 Å². The number of nitrogens with two attached hydrogens (primary N) is 2. The van der Waals surface area contributed by atoms with Crippen molar-refractivity contribution in [1.82, 2.24) is 16.0 Å². The van der Waals surface area contributed by atoms with E-state index in [1.807, 2.05) is 0 Å². The van der Waals surface area contributed by atoms with Gasteiger partial charge in [0, 0.05) is 18.7 Å². The summed E-state index contributed by atoms with van der Waals surface area (Å²) in [6.45, 7) is 0.826. The van der Waals surface area contributed by atoms with Crippen LogP contribution < -0.4 is 27.4 Å². The van der Waals surface area contributed by atoms with Crippen LogP contribution in [0.25, 0.3) is 0 Å². The first-order chi connectivity index (χ1) is 14.4. The molecule has 30 heavy (non-hydrogen) atoms. The molecule has 4 atom stereocenters. The minimum atomic E-state index is -0.918. The molecular formula is C18H32N6O5S. The van der Waals surface area contributed by atoms with E-state index in [4.69, 9.17) is 16.9 Å². The monoisotopic (exact) mass is 444 g/mol. The summed E-state index contributed by atoms with van der Waals surface area (Å²) in [4.78, 5) is 57.7. The zero-order chi connectivity index (χ0) is 22.8. The predicted molar refractivity (Wildman–Crippen MR) is 115 cm³/mol. The van der Waals surface area contributed by atoms with E-state index in [-0.39, 0.29) is 18.6 Å². The van der Waals surface area contributed by atoms with Crippen molar-refractivity contribution in [3.8, 4) is 0 Å². The summed E-state index contributed by atoms with van der Waals surface area (Å²) in [5.41, 5.74) is 11.2. The first-order valence-electron chi connectivity index (χ1n) is 9.67. The third kappa shape index (κ3) is 12.3. The van der Waals surface area contributed by atoms with Crippen molar-refractivity contribution in [1.29, 1.82) is 5.41 Å². The molecule has 0 aromatic rings. The van der Waals surface area contributed by atoms with E-state index < -0.39 is 35.2 Å². The van der Waals surface area contributed by atoms with Crippen molar-refractivity contribution in [2.75, 3.05) is 18.8 Å². The average Bonchev–Trinajstić information content (AvgIpc) is 2.75. The fourth-order valence-corrected chi connectivity index (χ4v) is 3.29. The van der Waals surface area contributed by atoms with Crippen LogP contribution in [0, 0.1) is 5.41 Å². The van der Waals surface area contributed by atoms with Gasteiger partial charge in [0.05, 0.1) is 23.7 Å². The molecule has 0 aliphatic rings. The van der Waals surface area contributed by atoms with Gasteiger partial charge in [-0.15, -0.1) is 11.8 Å². The fourth-order valence-electron chi connectivity index (χ4n) is 2.38. The lowest BCUT2D eigenvalue weighted by Crippen LogP contribution is -2.54. The molecule has 0 saturated heterocycles. The van der Waals surface area contributed by atoms with Crippen molar-refractivity contribution in [3.05, 3.63) is 0 Å². The minimum absolute atomic E-state index is 0.0209. The van der Waals surface area contributed by atoms with Gasteiger partial charge in [0.1, 0.15) is 24.9 Å². The molecule has 0 spiro atoms. The number of carbonyl (C=O) groups excluding carboxylic acids is 5. The van der Waals surface area contributed by atoms with E-state index in [0.717, 1.165) is 18.1 Å². The number of carbonyl (C=O) groups is 5. The highest BCUT2D eigenvalue weighted by Gasteiger charge is 2.25. The van der Waals surface area contributed by atoms with Crippen LogP contribution in [-0.4, -0.2) is 79.2 Å². The highest BCUT2D eigenvalue weighted by molar-refractivity contribution is 8.00. The van der Waals surface area contributed by atoms with Crippen LogP contribution in [0.4, 0.5) is 0 Å². The Bertz CT molecular complexity index is 565. The van der Waals surface area contributed by atoms with Gasteiger partial charge in [-0.05, 0) is 32.2 Å². The maximum Gasteiger partial charge on any atom is 0.243 e. The number of nitrogens with one attached hydrogen (secondary N) is 4. The molecular weight excluding hydrogens is 412 g/mol. The van der Waals surface area contributed by atoms with Gasteiger partial charge in [0.2, 0.25) is 11.8 Å². The highest BCUT2D eigenvalue weighted by Crippen LogP contribution is 2.12. The van der Waals surface area contributed by atoms with Gasteiger partial charge < -0.3 is 41.8 Å². The first kappa shape index (κ1) is 27.7. The number of amides is 2. The van der Waals surface area contributed by atoms with Crippen molar-refractivity contribution in [2.45, 2.75) is 55.5 Å². The number of hydrogen-bond acceptors (Lipinski definition) is 9. The van der Waals surface area contributed by atoms with E-state index >= 15 is 0 Å². The molecule has 0 aromatic heterocycles. The molecule has 11 nitrogen and oxygen atoms in total. The SMILES string of the molecule is N=CNCCCC(NC(=O)[C@H](N)CCCN)C(=O)N[C@@H](C=O)CSC(C=O)CC=O. The lowest BCUT2D eigenvalue weighted by Gasteiger charge is -2.23. The summed E-state index contributed by atoms with van der Waals surface area (Å²) in [5.74, 6) is -0.939. The van der Waals surface area contributed by atoms with Crippen LogP contribution in [0.15, 0.2) is 0 Å². The number of rotatable bonds is 19. The summed E-state index contributed by atoms with van der Waals surface area (Å²) >= 11 is 1.09. The predicted octanol–water partition coefficient (Wildman–Crippen LogP) is -1.91. The van der Waals surface area contributed by atoms with Crippen molar-refractivity contribution >= 4 is 48.8 Å². The minimum Gasteiger partial charge on any atom is -0.377 e. The maximum atomic E-state index is 12.6. The van der Waals surface area contributed by atoms with Gasteiger partial charge in [0.25, 0.3) is 0 Å². The van der Waals surface area contributed by atoms with Crippen LogP contribution in [0.5, 0.6) is 0 Å². The Balaban J connectivity index is 4.93. The highest BCUT2D eigenvalue weighted by atomic mass is 32.2. The zero-order valence-corrected chi connectivity index (χ0v) is 17.7. The van der Waals surface area contributed by atoms with Gasteiger partial charge in [-0.2, -0.15) is 0 Å². The molecule has 0 aromatic carbocycles. The average molecular weight is 445 g/mol. The van der Waals surface area contributed by atoms with Gasteiger partial charge in [0.15, 0.2) is 0 Å². The van der Waals surface area contributed by atoms with E-state index in [2.05, 4.69) is 16.0 Å². The second kappa shape index (κ2) is 17.5. The second-order valence-corrected chi connectivity index (χ2v) is 7.77. The Morgan fingerprint density at radius 2 is 1.77 bits per heavy atom. The molecule has 8 N–H and O–H groups in total. The third-order valence-electron chi connectivity index (χ3n) is 4.07. The molecule has 0 bridgehead atoms. The molecule has 0 saturated carbocycles. The Labute approximate surface area is 180 Å². The molecule has 2 amide bonds. The maximum absolute atomic E-state index is 12.6. The summed E-state index contributed by atoms with van der Waals surface area (Å²) in [6, 6.07) is -2.61. The summed E-state index contributed by atoms with van der Waals surface area (Å²) in [7, 11) is 0. The summed E-state index contributed by atoms with van der Waals surface area (Å²) in [6.07, 6.45) is 4.51. The number of thioether (sulfide) groups is 1. The first-order valence-corrected chi connectivity index (χ1v) is 10.7. The van der Waals surface area contributed by atoms with Crippen LogP contribution in [0.2, 0.25) is 0 Å². The summed E-state index contributed by atoms with van der Waals surface area (Å²) < 4.78 is 0. The molecule has 2 unspecified atom stereocenters. The number of hydrogen-bond donors (Lipinski definition) is 6. The molecule has 170 valence electrons. The lowest BCUT2D eigenvalue weighted by molar-refractivity contribution is -0.130. The van der Waals surface area contributed by atoms with Crippen molar-refractivity contribution in [3.63, 3.8) is 0 Å². The second-order valence-electron chi connectivity index (χ2n) is 6.50. The van der Waals surface area contributed by atoms with Crippen LogP contribution in [-0.2, 0) is 24.0 Å². The van der Waals surface area contributed by atoms with Gasteiger partial charge in [-0.25, -0.2) is 0 Å². The molecule has 0 radical (unpaired) electrons. The molecule has 0 fully saturated rings. The van der Waals surface area contributed by atoms with Gasteiger partial charge >= 0.3 is 0 Å². The molecule has 0 rings (SSSR count). The standard InChI is InChI=1S/C18H32N6O5S/c19-6-1-3-15(21)17(28)24-16(4-2-7-22-12-20)18(29)23-13(9-26)11-30-14(10-27)5-8-25/h8-10,12-16H,1-7,11,19,21H2,(H2,20,22)(H,23,29)(H,24,28)/t13-,14?,15+,16?/m0/s1. The van der Waals surface area contributed by atoms with E-state index in [1.165, 1.54) is 0 Å². The quantitative estimate of drug-likeness (QED) is 0.0569. The largest absolute Gasteiger partial charge is 0.377 e. The summed E-state index contributed by atoms with van der Waals surface area (Å²) in [5, 5.41) is 14.2. The topological polar surface area (TPSA) is 197 Å². The van der Waals surface area contributed by atoms with E-state index in [9.17, 15) is 24.0 Å². The Morgan fingerprint density at radius 3 is 2.33 bits per heavy atom. The van der Waals surface area contributed by atoms with E-state index in [1.54, 1.807) is 0 Å². The lowest BCUT2D eigenvalue weighted by atomic mass is 10.1. The Morgan fingerprint density at radius 1 is 1.03 bits per heavy atom. The van der Waals surface area contributed by atoms with Crippen molar-refractivity contribution in [2.24, 2.45) is 11.5 Å². The van der Waals surface area contributed by atoms with Crippen LogP contribution >= 0.6 is 11.8 Å². The Kier molecular flexibility index (Phi) is 16.2. The molecule has 0 heterocycles. The third-order valence-corrected chi connectivity index (χ3v) is 5.35. The van der Waals surface area contributed by atoms with Gasteiger partial charge in [-0.1, -0.05) is 0 Å². The normalized spacial score (nSPS) is 14.5. The number of aldehydes is 3.